The number of nitrogens with one attached hydrogen (secondary N) is 1. The molecule has 2 rings (SSSR count). The van der Waals surface area contributed by atoms with Crippen LogP contribution in [0.3, 0.4) is 0 Å². The second-order valence-electron chi connectivity index (χ2n) is 6.23. The molecule has 1 aromatic rings. The van der Waals surface area contributed by atoms with E-state index in [4.69, 9.17) is 9.97 Å². The van der Waals surface area contributed by atoms with Crippen molar-refractivity contribution in [2.24, 2.45) is 0 Å². The van der Waals surface area contributed by atoms with Gasteiger partial charge in [-0.05, 0) is 41.4 Å². The molecule has 0 radical (unpaired) electrons. The van der Waals surface area contributed by atoms with E-state index >= 15 is 0 Å². The summed E-state index contributed by atoms with van der Waals surface area (Å²) in [5, 5.41) is 3.81. The van der Waals surface area contributed by atoms with E-state index < -0.39 is 0 Å². The predicted octanol–water partition coefficient (Wildman–Crippen LogP) is 4.93. The molecule has 0 amide bonds. The average Bonchev–Trinajstić information content (AvgIpc) is 2.41. The Morgan fingerprint density at radius 1 is 1.30 bits per heavy atom. The first-order valence-electron chi connectivity index (χ1n) is 7.37. The molecule has 1 saturated heterocycles. The summed E-state index contributed by atoms with van der Waals surface area (Å²) in [7, 11) is 0. The summed E-state index contributed by atoms with van der Waals surface area (Å²) in [6, 6.07) is 0. The smallest absolute Gasteiger partial charge is 0.144 e. The molecule has 2 heterocycles. The molecule has 1 aliphatic rings. The van der Waals surface area contributed by atoms with Gasteiger partial charge in [-0.2, -0.15) is 11.8 Å². The molecular formula is C15H24BrN3S. The molecule has 112 valence electrons. The summed E-state index contributed by atoms with van der Waals surface area (Å²) in [6.45, 7) is 9.58. The lowest BCUT2D eigenvalue weighted by molar-refractivity contribution is 0.553. The highest BCUT2D eigenvalue weighted by atomic mass is 79.9. The largest absolute Gasteiger partial charge is 0.369 e. The molecule has 0 saturated carbocycles. The maximum atomic E-state index is 4.89. The third-order valence-electron chi connectivity index (χ3n) is 3.39. The van der Waals surface area contributed by atoms with E-state index in [2.05, 4.69) is 48.9 Å². The van der Waals surface area contributed by atoms with E-state index in [0.29, 0.717) is 5.25 Å². The third-order valence-corrected chi connectivity index (χ3v) is 5.52. The van der Waals surface area contributed by atoms with Gasteiger partial charge in [-0.3, -0.25) is 0 Å². The Morgan fingerprint density at radius 2 is 2.05 bits per heavy atom. The standard InChI is InChI=1S/C15H24BrN3S/c1-5-17-14-11(16)12(15(2,3)4)18-13(19-14)10-8-6-7-9-20-10/h10H,5-9H2,1-4H3,(H,17,18,19). The molecule has 1 unspecified atom stereocenters. The van der Waals surface area contributed by atoms with Crippen LogP contribution in [0, 0.1) is 0 Å². The fraction of sp³-hybridized carbons (Fsp3) is 0.733. The van der Waals surface area contributed by atoms with Gasteiger partial charge in [-0.15, -0.1) is 0 Å². The molecule has 0 spiro atoms. The van der Waals surface area contributed by atoms with Crippen LogP contribution in [0.5, 0.6) is 0 Å². The quantitative estimate of drug-likeness (QED) is 0.832. The minimum atomic E-state index is 0.0139. The van der Waals surface area contributed by atoms with Gasteiger partial charge in [-0.1, -0.05) is 27.2 Å². The molecule has 1 aliphatic heterocycles. The van der Waals surface area contributed by atoms with Crippen LogP contribution >= 0.6 is 27.7 Å². The van der Waals surface area contributed by atoms with Crippen molar-refractivity contribution in [3.8, 4) is 0 Å². The molecule has 1 aromatic heterocycles. The molecule has 3 nitrogen and oxygen atoms in total. The Balaban J connectivity index is 2.43. The van der Waals surface area contributed by atoms with E-state index in [-0.39, 0.29) is 5.41 Å². The van der Waals surface area contributed by atoms with Gasteiger partial charge in [0, 0.05) is 12.0 Å². The van der Waals surface area contributed by atoms with Crippen LogP contribution in [0.15, 0.2) is 4.47 Å². The summed E-state index contributed by atoms with van der Waals surface area (Å²) in [4.78, 5) is 9.66. The van der Waals surface area contributed by atoms with Crippen LogP contribution in [0.1, 0.15) is 63.7 Å². The van der Waals surface area contributed by atoms with Gasteiger partial charge in [0.25, 0.3) is 0 Å². The normalized spacial score (nSPS) is 19.9. The van der Waals surface area contributed by atoms with Crippen molar-refractivity contribution in [3.05, 3.63) is 16.0 Å². The van der Waals surface area contributed by atoms with E-state index in [9.17, 15) is 0 Å². The van der Waals surface area contributed by atoms with Crippen LogP contribution in [0.25, 0.3) is 0 Å². The number of hydrogen-bond acceptors (Lipinski definition) is 4. The second kappa shape index (κ2) is 6.65. The molecule has 0 bridgehead atoms. The van der Waals surface area contributed by atoms with Crippen molar-refractivity contribution in [1.29, 1.82) is 0 Å². The maximum absolute atomic E-state index is 4.89. The highest BCUT2D eigenvalue weighted by Gasteiger charge is 2.26. The van der Waals surface area contributed by atoms with Crippen molar-refractivity contribution in [2.45, 2.75) is 57.6 Å². The highest BCUT2D eigenvalue weighted by molar-refractivity contribution is 9.10. The van der Waals surface area contributed by atoms with Crippen LogP contribution in [0.4, 0.5) is 5.82 Å². The Morgan fingerprint density at radius 3 is 2.60 bits per heavy atom. The zero-order valence-electron chi connectivity index (χ0n) is 12.8. The minimum Gasteiger partial charge on any atom is -0.369 e. The molecule has 20 heavy (non-hydrogen) atoms. The molecular weight excluding hydrogens is 334 g/mol. The lowest BCUT2D eigenvalue weighted by atomic mass is 9.91. The number of halogens is 1. The number of nitrogens with zero attached hydrogens (tertiary/aromatic N) is 2. The summed E-state index contributed by atoms with van der Waals surface area (Å²) in [6.07, 6.45) is 3.81. The van der Waals surface area contributed by atoms with Gasteiger partial charge in [0.05, 0.1) is 15.4 Å². The topological polar surface area (TPSA) is 37.8 Å². The van der Waals surface area contributed by atoms with E-state index in [0.717, 1.165) is 28.4 Å². The number of aromatic nitrogens is 2. The molecule has 5 heteroatoms. The Bertz CT molecular complexity index is 465. The van der Waals surface area contributed by atoms with Gasteiger partial charge >= 0.3 is 0 Å². The van der Waals surface area contributed by atoms with Crippen LogP contribution in [-0.4, -0.2) is 22.3 Å². The first-order chi connectivity index (χ1) is 9.43. The molecule has 1 fully saturated rings. The van der Waals surface area contributed by atoms with Crippen molar-refractivity contribution in [2.75, 3.05) is 17.6 Å². The number of rotatable bonds is 3. The van der Waals surface area contributed by atoms with E-state index in [1.54, 1.807) is 0 Å². The third kappa shape index (κ3) is 3.67. The lowest BCUT2D eigenvalue weighted by Crippen LogP contribution is -2.20. The van der Waals surface area contributed by atoms with Gasteiger partial charge in [-0.25, -0.2) is 9.97 Å². The zero-order chi connectivity index (χ0) is 14.8. The van der Waals surface area contributed by atoms with Crippen LogP contribution in [-0.2, 0) is 5.41 Å². The number of thioether (sulfide) groups is 1. The summed E-state index contributed by atoms with van der Waals surface area (Å²) in [5.41, 5.74) is 1.12. The molecule has 0 aromatic carbocycles. The zero-order valence-corrected chi connectivity index (χ0v) is 15.2. The fourth-order valence-electron chi connectivity index (χ4n) is 2.33. The Kier molecular flexibility index (Phi) is 5.35. The molecule has 0 aliphatic carbocycles. The first kappa shape index (κ1) is 16.1. The average molecular weight is 358 g/mol. The van der Waals surface area contributed by atoms with Crippen molar-refractivity contribution in [3.63, 3.8) is 0 Å². The van der Waals surface area contributed by atoms with Gasteiger partial charge in [0.15, 0.2) is 0 Å². The van der Waals surface area contributed by atoms with Crippen LogP contribution in [0.2, 0.25) is 0 Å². The lowest BCUT2D eigenvalue weighted by Gasteiger charge is -2.25. The Hall–Kier alpha value is -0.290. The van der Waals surface area contributed by atoms with E-state index in [1.165, 1.54) is 25.0 Å². The van der Waals surface area contributed by atoms with Crippen molar-refractivity contribution >= 4 is 33.5 Å². The van der Waals surface area contributed by atoms with Crippen molar-refractivity contribution in [1.82, 2.24) is 9.97 Å². The molecule has 1 atom stereocenters. The minimum absolute atomic E-state index is 0.0139. The predicted molar refractivity (Wildman–Crippen MR) is 91.6 cm³/mol. The van der Waals surface area contributed by atoms with Gasteiger partial charge < -0.3 is 5.32 Å². The first-order valence-corrected chi connectivity index (χ1v) is 9.21. The second-order valence-corrected chi connectivity index (χ2v) is 8.33. The van der Waals surface area contributed by atoms with Gasteiger partial charge in [0.2, 0.25) is 0 Å². The highest BCUT2D eigenvalue weighted by Crippen LogP contribution is 2.40. The monoisotopic (exact) mass is 357 g/mol. The number of anilines is 1. The Labute approximate surface area is 134 Å². The van der Waals surface area contributed by atoms with Gasteiger partial charge in [0.1, 0.15) is 11.6 Å². The number of hydrogen-bond donors (Lipinski definition) is 1. The fourth-order valence-corrected chi connectivity index (χ4v) is 4.49. The summed E-state index contributed by atoms with van der Waals surface area (Å²) >= 11 is 5.68. The molecule has 1 N–H and O–H groups in total. The summed E-state index contributed by atoms with van der Waals surface area (Å²) < 4.78 is 1.01. The van der Waals surface area contributed by atoms with Crippen molar-refractivity contribution < 1.29 is 0 Å². The van der Waals surface area contributed by atoms with E-state index in [1.807, 2.05) is 11.8 Å². The van der Waals surface area contributed by atoms with Crippen LogP contribution < -0.4 is 5.32 Å². The SMILES string of the molecule is CCNc1nc(C2CCCCS2)nc(C(C)(C)C)c1Br. The summed E-state index contributed by atoms with van der Waals surface area (Å²) in [5.74, 6) is 3.17. The maximum Gasteiger partial charge on any atom is 0.144 e.